The molecule has 0 saturated carbocycles. The van der Waals surface area contributed by atoms with Crippen LogP contribution in [-0.4, -0.2) is 38.0 Å². The Balaban J connectivity index is 2.32. The van der Waals surface area contributed by atoms with E-state index >= 15 is 0 Å². The van der Waals surface area contributed by atoms with E-state index in [1.54, 1.807) is 0 Å². The largest absolute Gasteiger partial charge is 0.338 e. The Labute approximate surface area is 117 Å². The third-order valence-corrected chi connectivity index (χ3v) is 5.30. The van der Waals surface area contributed by atoms with Gasteiger partial charge in [0.15, 0.2) is 0 Å². The Bertz CT molecular complexity index is 313. The van der Waals surface area contributed by atoms with Gasteiger partial charge in [-0.3, -0.25) is 9.69 Å². The highest BCUT2D eigenvalue weighted by atomic mass is 28.3. The molecule has 3 amide bonds. The molecule has 4 nitrogen and oxygen atoms in total. The van der Waals surface area contributed by atoms with E-state index in [-0.39, 0.29) is 11.9 Å². The van der Waals surface area contributed by atoms with Crippen molar-refractivity contribution < 1.29 is 9.59 Å². The molecule has 1 fully saturated rings. The molecule has 0 spiro atoms. The highest BCUT2D eigenvalue weighted by molar-refractivity contribution is 6.76. The van der Waals surface area contributed by atoms with Gasteiger partial charge in [-0.25, -0.2) is 4.79 Å². The van der Waals surface area contributed by atoms with Crippen molar-refractivity contribution in [3.05, 3.63) is 0 Å². The molecule has 0 radical (unpaired) electrons. The van der Waals surface area contributed by atoms with Crippen LogP contribution in [0.4, 0.5) is 4.79 Å². The van der Waals surface area contributed by atoms with E-state index in [1.807, 2.05) is 0 Å². The summed E-state index contributed by atoms with van der Waals surface area (Å²) in [6.07, 6.45) is 5.61. The van der Waals surface area contributed by atoms with Crippen LogP contribution in [0.2, 0.25) is 25.7 Å². The molecule has 1 rings (SSSR count). The van der Waals surface area contributed by atoms with Crippen LogP contribution in [0.15, 0.2) is 0 Å². The zero-order valence-electron chi connectivity index (χ0n) is 12.6. The van der Waals surface area contributed by atoms with Crippen molar-refractivity contribution in [3.8, 4) is 0 Å². The smallest absolute Gasteiger partial charge is 0.324 e. The Morgan fingerprint density at radius 2 is 1.89 bits per heavy atom. The first-order chi connectivity index (χ1) is 8.90. The molecule has 1 saturated heterocycles. The molecular weight excluding hydrogens is 256 g/mol. The standard InChI is InChI=1S/C14H28N2O2Si/c1-19(2,3)12-8-10-15-14(18)16-11-7-5-4-6-9-13(16)17/h4-12H2,1-3H3,(H,15,18). The molecule has 0 atom stereocenters. The molecule has 0 aromatic rings. The SMILES string of the molecule is C[Si](C)(C)CCCNC(=O)N1CCCCCCC1=O. The lowest BCUT2D eigenvalue weighted by atomic mass is 10.1. The van der Waals surface area contributed by atoms with Crippen LogP contribution in [0.5, 0.6) is 0 Å². The van der Waals surface area contributed by atoms with E-state index < -0.39 is 8.07 Å². The fraction of sp³-hybridized carbons (Fsp3) is 0.857. The zero-order valence-corrected chi connectivity index (χ0v) is 13.6. The summed E-state index contributed by atoms with van der Waals surface area (Å²) in [5.41, 5.74) is 0. The summed E-state index contributed by atoms with van der Waals surface area (Å²) < 4.78 is 0. The van der Waals surface area contributed by atoms with Crippen molar-refractivity contribution in [2.75, 3.05) is 13.1 Å². The third-order valence-electron chi connectivity index (χ3n) is 3.45. The number of likely N-dealkylation sites (tertiary alicyclic amines) is 1. The second kappa shape index (κ2) is 7.67. The van der Waals surface area contributed by atoms with Gasteiger partial charge in [-0.1, -0.05) is 38.5 Å². The number of nitrogens with one attached hydrogen (secondary N) is 1. The second-order valence-corrected chi connectivity index (χ2v) is 12.2. The molecule has 1 N–H and O–H groups in total. The van der Waals surface area contributed by atoms with E-state index in [4.69, 9.17) is 0 Å². The molecule has 0 aliphatic carbocycles. The van der Waals surface area contributed by atoms with Gasteiger partial charge in [-0.05, 0) is 19.3 Å². The van der Waals surface area contributed by atoms with Gasteiger partial charge >= 0.3 is 6.03 Å². The first kappa shape index (κ1) is 16.2. The lowest BCUT2D eigenvalue weighted by molar-refractivity contribution is -0.128. The molecule has 1 aliphatic heterocycles. The summed E-state index contributed by atoms with van der Waals surface area (Å²) in [6.45, 7) is 8.26. The van der Waals surface area contributed by atoms with Crippen LogP contribution < -0.4 is 5.32 Å². The Kier molecular flexibility index (Phi) is 6.55. The molecule has 5 heteroatoms. The van der Waals surface area contributed by atoms with Crippen LogP contribution in [0.1, 0.15) is 38.5 Å². The van der Waals surface area contributed by atoms with Crippen molar-refractivity contribution in [1.29, 1.82) is 0 Å². The Morgan fingerprint density at radius 3 is 2.58 bits per heavy atom. The molecule has 0 aromatic carbocycles. The number of hydrogen-bond acceptors (Lipinski definition) is 2. The van der Waals surface area contributed by atoms with Crippen molar-refractivity contribution in [2.45, 2.75) is 64.2 Å². The minimum Gasteiger partial charge on any atom is -0.338 e. The molecule has 0 unspecified atom stereocenters. The van der Waals surface area contributed by atoms with Crippen molar-refractivity contribution in [2.24, 2.45) is 0 Å². The van der Waals surface area contributed by atoms with E-state index in [2.05, 4.69) is 25.0 Å². The number of carbonyl (C=O) groups excluding carboxylic acids is 2. The minimum absolute atomic E-state index is 0.0117. The highest BCUT2D eigenvalue weighted by Crippen LogP contribution is 2.12. The fourth-order valence-electron chi connectivity index (χ4n) is 2.28. The first-order valence-electron chi connectivity index (χ1n) is 7.48. The van der Waals surface area contributed by atoms with Crippen molar-refractivity contribution in [3.63, 3.8) is 0 Å². The number of imide groups is 1. The summed E-state index contributed by atoms with van der Waals surface area (Å²) in [6, 6.07) is 1.02. The number of nitrogens with zero attached hydrogens (tertiary/aromatic N) is 1. The molecule has 1 aliphatic rings. The number of rotatable bonds is 4. The van der Waals surface area contributed by atoms with E-state index in [0.717, 1.165) is 32.1 Å². The molecule has 1 heterocycles. The predicted molar refractivity (Wildman–Crippen MR) is 81.0 cm³/mol. The second-order valence-electron chi connectivity index (χ2n) is 6.61. The van der Waals surface area contributed by atoms with Crippen LogP contribution in [0.3, 0.4) is 0 Å². The summed E-state index contributed by atoms with van der Waals surface area (Å²) in [5.74, 6) is -0.0117. The minimum atomic E-state index is -1.03. The topological polar surface area (TPSA) is 49.4 Å². The maximum absolute atomic E-state index is 12.0. The Hall–Kier alpha value is -0.843. The number of urea groups is 1. The predicted octanol–water partition coefficient (Wildman–Crippen LogP) is 3.22. The quantitative estimate of drug-likeness (QED) is 0.636. The van der Waals surface area contributed by atoms with Gasteiger partial charge in [0.2, 0.25) is 5.91 Å². The maximum Gasteiger partial charge on any atom is 0.324 e. The van der Waals surface area contributed by atoms with E-state index in [9.17, 15) is 9.59 Å². The lowest BCUT2D eigenvalue weighted by Crippen LogP contribution is -2.45. The van der Waals surface area contributed by atoms with E-state index in [0.29, 0.717) is 19.5 Å². The molecule has 0 aromatic heterocycles. The monoisotopic (exact) mass is 284 g/mol. The number of hydrogen-bond donors (Lipinski definition) is 1. The van der Waals surface area contributed by atoms with Crippen LogP contribution >= 0.6 is 0 Å². The highest BCUT2D eigenvalue weighted by Gasteiger charge is 2.21. The number of amides is 3. The van der Waals surface area contributed by atoms with Gasteiger partial charge in [0.05, 0.1) is 0 Å². The van der Waals surface area contributed by atoms with Gasteiger partial charge in [-0.15, -0.1) is 0 Å². The van der Waals surface area contributed by atoms with Crippen LogP contribution in [0, 0.1) is 0 Å². The fourth-order valence-corrected chi connectivity index (χ4v) is 3.52. The number of carbonyl (C=O) groups is 2. The van der Waals surface area contributed by atoms with Crippen LogP contribution in [0.25, 0.3) is 0 Å². The normalized spacial score (nSPS) is 17.8. The summed E-state index contributed by atoms with van der Waals surface area (Å²) in [4.78, 5) is 25.3. The molecule has 110 valence electrons. The Morgan fingerprint density at radius 1 is 1.21 bits per heavy atom. The third kappa shape index (κ3) is 6.75. The maximum atomic E-state index is 12.0. The van der Waals surface area contributed by atoms with Crippen molar-refractivity contribution in [1.82, 2.24) is 10.2 Å². The van der Waals surface area contributed by atoms with Gasteiger partial charge < -0.3 is 5.32 Å². The van der Waals surface area contributed by atoms with Gasteiger partial charge in [0.25, 0.3) is 0 Å². The van der Waals surface area contributed by atoms with Crippen LogP contribution in [-0.2, 0) is 4.79 Å². The average Bonchev–Trinajstić information content (AvgIpc) is 2.28. The molecular formula is C14H28N2O2Si. The zero-order chi connectivity index (χ0) is 14.3. The molecule has 19 heavy (non-hydrogen) atoms. The first-order valence-corrected chi connectivity index (χ1v) is 11.2. The molecule has 0 bridgehead atoms. The van der Waals surface area contributed by atoms with Crippen molar-refractivity contribution >= 4 is 20.0 Å². The average molecular weight is 284 g/mol. The summed E-state index contributed by atoms with van der Waals surface area (Å²) in [7, 11) is -1.03. The van der Waals surface area contributed by atoms with Gasteiger partial charge in [0.1, 0.15) is 0 Å². The lowest BCUT2D eigenvalue weighted by Gasteiger charge is -2.23. The summed E-state index contributed by atoms with van der Waals surface area (Å²) >= 11 is 0. The van der Waals surface area contributed by atoms with Gasteiger partial charge in [-0.2, -0.15) is 0 Å². The summed E-state index contributed by atoms with van der Waals surface area (Å²) in [5, 5.41) is 2.89. The van der Waals surface area contributed by atoms with E-state index in [1.165, 1.54) is 10.9 Å². The van der Waals surface area contributed by atoms with Gasteiger partial charge in [0, 0.05) is 27.6 Å².